The molecule has 0 N–H and O–H groups in total. The van der Waals surface area contributed by atoms with Crippen LogP contribution in [0.3, 0.4) is 0 Å². The van der Waals surface area contributed by atoms with Gasteiger partial charge in [0.1, 0.15) is 5.75 Å². The molecular weight excluding hydrogens is 542 g/mol. The lowest BCUT2D eigenvalue weighted by Gasteiger charge is -2.43. The lowest BCUT2D eigenvalue weighted by Crippen LogP contribution is -2.47. The summed E-state index contributed by atoms with van der Waals surface area (Å²) in [6.45, 7) is 6.99. The molecule has 4 rings (SSSR count). The molecule has 0 unspecified atom stereocenters. The molecule has 3 aromatic carbocycles. The summed E-state index contributed by atoms with van der Waals surface area (Å²) in [6, 6.07) is 21.7. The predicted molar refractivity (Wildman–Crippen MR) is 161 cm³/mol. The fourth-order valence-corrected chi connectivity index (χ4v) is 5.43. The van der Waals surface area contributed by atoms with Crippen LogP contribution in [0.1, 0.15) is 55.6 Å². The largest absolute Gasteiger partial charge is 0.494 e. The number of hydrogen-bond donors (Lipinski definition) is 0. The number of ether oxygens (including phenoxy) is 2. The van der Waals surface area contributed by atoms with Gasteiger partial charge in [0, 0.05) is 48.0 Å². The lowest BCUT2D eigenvalue weighted by atomic mass is 9.89. The topological polar surface area (TPSA) is 79.4 Å². The second-order valence-electron chi connectivity index (χ2n) is 9.98. The number of amides is 3. The van der Waals surface area contributed by atoms with Crippen molar-refractivity contribution in [2.75, 3.05) is 36.6 Å². The molecule has 1 heterocycles. The minimum absolute atomic E-state index is 0.0811. The van der Waals surface area contributed by atoms with Crippen molar-refractivity contribution in [1.82, 2.24) is 4.90 Å². The van der Waals surface area contributed by atoms with Crippen LogP contribution in [0, 0.1) is 0 Å². The van der Waals surface area contributed by atoms with Gasteiger partial charge in [0.05, 0.1) is 19.8 Å². The first-order chi connectivity index (χ1) is 19.7. The van der Waals surface area contributed by atoms with E-state index >= 15 is 0 Å². The molecule has 2 atom stereocenters. The number of fused-ring (bicyclic) bond motifs is 1. The first-order valence-corrected chi connectivity index (χ1v) is 14.2. The Hall–Kier alpha value is -4.04. The van der Waals surface area contributed by atoms with Crippen molar-refractivity contribution in [3.05, 3.63) is 88.9 Å². The van der Waals surface area contributed by atoms with E-state index in [4.69, 9.17) is 21.1 Å². The molecular formula is C32H36ClN3O5. The highest BCUT2D eigenvalue weighted by atomic mass is 35.5. The van der Waals surface area contributed by atoms with Crippen molar-refractivity contribution >= 4 is 40.9 Å². The molecule has 0 aromatic heterocycles. The van der Waals surface area contributed by atoms with Crippen molar-refractivity contribution in [2.45, 2.75) is 45.7 Å². The average Bonchev–Trinajstić information content (AvgIpc) is 2.98. The van der Waals surface area contributed by atoms with Crippen LogP contribution in [-0.4, -0.2) is 55.7 Å². The zero-order valence-electron chi connectivity index (χ0n) is 23.9. The third-order valence-electron chi connectivity index (χ3n) is 7.29. The summed E-state index contributed by atoms with van der Waals surface area (Å²) in [5.74, 6) is 0.449. The number of anilines is 2. The van der Waals surface area contributed by atoms with Crippen molar-refractivity contribution in [3.63, 3.8) is 0 Å². The van der Waals surface area contributed by atoms with E-state index in [9.17, 15) is 14.4 Å². The van der Waals surface area contributed by atoms with E-state index in [2.05, 4.69) is 0 Å². The molecule has 0 spiro atoms. The molecule has 1 aliphatic rings. The average molecular weight is 578 g/mol. The zero-order valence-corrected chi connectivity index (χ0v) is 24.6. The summed E-state index contributed by atoms with van der Waals surface area (Å²) in [7, 11) is 1.37. The van der Waals surface area contributed by atoms with Crippen molar-refractivity contribution in [1.29, 1.82) is 0 Å². The molecule has 0 saturated heterocycles. The van der Waals surface area contributed by atoms with Crippen LogP contribution in [0.5, 0.6) is 5.75 Å². The second-order valence-corrected chi connectivity index (χ2v) is 10.4. The van der Waals surface area contributed by atoms with E-state index in [1.54, 1.807) is 53.1 Å². The van der Waals surface area contributed by atoms with Gasteiger partial charge in [0.2, 0.25) is 5.91 Å². The number of nitrogens with zero attached hydrogens (tertiary/aromatic N) is 3. The van der Waals surface area contributed by atoms with Crippen LogP contribution in [0.25, 0.3) is 0 Å². The van der Waals surface area contributed by atoms with Gasteiger partial charge in [0.15, 0.2) is 0 Å². The smallest absolute Gasteiger partial charge is 0.409 e. The number of carbonyl (C=O) groups excluding carboxylic acids is 3. The fourth-order valence-electron chi connectivity index (χ4n) is 5.30. The third-order valence-corrected chi connectivity index (χ3v) is 7.54. The molecule has 8 nitrogen and oxygen atoms in total. The standard InChI is InChI=1S/C32H36ClN3O5/c1-5-34(32(39)40-4)19-8-20-41-27-17-11-24(12-18-27)31(38)35-22(2)21-30(28-9-6-7-10-29(28)35)36(23(3)37)26-15-13-25(33)14-16-26/h6-7,9-18,22,30H,5,8,19-21H2,1-4H3/t22-,30+/m0/s1. The van der Waals surface area contributed by atoms with E-state index in [-0.39, 0.29) is 30.0 Å². The number of rotatable bonds is 9. The van der Waals surface area contributed by atoms with Gasteiger partial charge < -0.3 is 24.2 Å². The third kappa shape index (κ3) is 6.82. The minimum atomic E-state index is -0.353. The summed E-state index contributed by atoms with van der Waals surface area (Å²) < 4.78 is 10.6. The number of hydrogen-bond acceptors (Lipinski definition) is 5. The number of para-hydroxylation sites is 1. The maximum Gasteiger partial charge on any atom is 0.409 e. The van der Waals surface area contributed by atoms with Gasteiger partial charge >= 0.3 is 6.09 Å². The van der Waals surface area contributed by atoms with Crippen LogP contribution in [0.2, 0.25) is 5.02 Å². The first kappa shape index (κ1) is 29.9. The molecule has 216 valence electrons. The maximum atomic E-state index is 13.8. The van der Waals surface area contributed by atoms with Gasteiger partial charge in [-0.05, 0) is 86.8 Å². The number of halogens is 1. The van der Waals surface area contributed by atoms with Gasteiger partial charge in [-0.2, -0.15) is 0 Å². The highest BCUT2D eigenvalue weighted by molar-refractivity contribution is 6.30. The molecule has 0 fully saturated rings. The molecule has 3 amide bonds. The minimum Gasteiger partial charge on any atom is -0.494 e. The van der Waals surface area contributed by atoms with Gasteiger partial charge in [-0.1, -0.05) is 29.8 Å². The van der Waals surface area contributed by atoms with Crippen LogP contribution in [-0.2, 0) is 9.53 Å². The zero-order chi connectivity index (χ0) is 29.5. The van der Waals surface area contributed by atoms with E-state index in [1.165, 1.54) is 7.11 Å². The quantitative estimate of drug-likeness (QED) is 0.263. The Morgan fingerprint density at radius 2 is 1.68 bits per heavy atom. The Bertz CT molecular complexity index is 1360. The van der Waals surface area contributed by atoms with Crippen LogP contribution in [0.4, 0.5) is 16.2 Å². The Balaban J connectivity index is 1.49. The van der Waals surface area contributed by atoms with Gasteiger partial charge in [-0.25, -0.2) is 4.79 Å². The molecule has 0 aliphatic carbocycles. The highest BCUT2D eigenvalue weighted by Crippen LogP contribution is 2.43. The molecule has 0 saturated carbocycles. The van der Waals surface area contributed by atoms with Crippen LogP contribution >= 0.6 is 11.6 Å². The molecule has 0 radical (unpaired) electrons. The number of methoxy groups -OCH3 is 1. The Morgan fingerprint density at radius 3 is 2.32 bits per heavy atom. The highest BCUT2D eigenvalue weighted by Gasteiger charge is 2.38. The Kier molecular flexibility index (Phi) is 9.89. The normalized spacial score (nSPS) is 16.0. The summed E-state index contributed by atoms with van der Waals surface area (Å²) in [6.07, 6.45) is 0.876. The Morgan fingerprint density at radius 1 is 1.00 bits per heavy atom. The van der Waals surface area contributed by atoms with Crippen molar-refractivity contribution in [3.8, 4) is 5.75 Å². The summed E-state index contributed by atoms with van der Waals surface area (Å²) in [4.78, 5) is 43.6. The predicted octanol–water partition coefficient (Wildman–Crippen LogP) is 6.73. The maximum absolute atomic E-state index is 13.8. The van der Waals surface area contributed by atoms with Gasteiger partial charge in [-0.15, -0.1) is 0 Å². The van der Waals surface area contributed by atoms with E-state index < -0.39 is 0 Å². The van der Waals surface area contributed by atoms with Crippen LogP contribution < -0.4 is 14.5 Å². The summed E-state index contributed by atoms with van der Waals surface area (Å²) in [5, 5.41) is 0.601. The summed E-state index contributed by atoms with van der Waals surface area (Å²) >= 11 is 6.10. The molecule has 9 heteroatoms. The van der Waals surface area contributed by atoms with Crippen molar-refractivity contribution < 1.29 is 23.9 Å². The number of carbonyl (C=O) groups is 3. The fraction of sp³-hybridized carbons (Fsp3) is 0.344. The molecule has 41 heavy (non-hydrogen) atoms. The van der Waals surface area contributed by atoms with E-state index in [0.717, 1.165) is 16.9 Å². The van der Waals surface area contributed by atoms with E-state index in [1.807, 2.05) is 55.1 Å². The molecule has 0 bridgehead atoms. The summed E-state index contributed by atoms with van der Waals surface area (Å²) in [5.41, 5.74) is 3.00. The van der Waals surface area contributed by atoms with Gasteiger partial charge in [0.25, 0.3) is 5.91 Å². The second kappa shape index (κ2) is 13.5. The number of benzene rings is 3. The lowest BCUT2D eigenvalue weighted by molar-refractivity contribution is -0.117. The van der Waals surface area contributed by atoms with Crippen LogP contribution in [0.15, 0.2) is 72.8 Å². The first-order valence-electron chi connectivity index (χ1n) is 13.8. The Labute approximate surface area is 246 Å². The van der Waals surface area contributed by atoms with Gasteiger partial charge in [-0.3, -0.25) is 9.59 Å². The monoisotopic (exact) mass is 577 g/mol. The molecule has 3 aromatic rings. The van der Waals surface area contributed by atoms with E-state index in [0.29, 0.717) is 48.9 Å². The SMILES string of the molecule is CCN(CCCOc1ccc(C(=O)N2c3ccccc3[C@H](N(C(C)=O)c3ccc(Cl)cc3)C[C@@H]2C)cc1)C(=O)OC. The van der Waals surface area contributed by atoms with Crippen molar-refractivity contribution in [2.24, 2.45) is 0 Å². The molecule has 1 aliphatic heterocycles.